The van der Waals surface area contributed by atoms with Crippen molar-refractivity contribution in [3.63, 3.8) is 0 Å². The van der Waals surface area contributed by atoms with Crippen LogP contribution in [0.25, 0.3) is 0 Å². The molecule has 7 nitrogen and oxygen atoms in total. The van der Waals surface area contributed by atoms with Gasteiger partial charge in [0.25, 0.3) is 11.8 Å². The van der Waals surface area contributed by atoms with E-state index in [0.29, 0.717) is 53.4 Å². The number of rotatable bonds is 5. The molecule has 1 spiro atoms. The lowest BCUT2D eigenvalue weighted by Crippen LogP contribution is -2.33. The van der Waals surface area contributed by atoms with E-state index in [1.165, 1.54) is 7.11 Å². The number of benzene rings is 3. The zero-order valence-electron chi connectivity index (χ0n) is 20.9. The van der Waals surface area contributed by atoms with Crippen LogP contribution in [0.4, 0.5) is 11.4 Å². The van der Waals surface area contributed by atoms with Gasteiger partial charge in [0.05, 0.1) is 17.7 Å². The molecular weight excluding hydrogens is 504 g/mol. The third-order valence-corrected chi connectivity index (χ3v) is 7.69. The highest BCUT2D eigenvalue weighted by atomic mass is 35.5. The Morgan fingerprint density at radius 3 is 2.50 bits per heavy atom. The Morgan fingerprint density at radius 1 is 1.03 bits per heavy atom. The fourth-order valence-corrected chi connectivity index (χ4v) is 5.52. The molecule has 2 aliphatic rings. The van der Waals surface area contributed by atoms with E-state index in [9.17, 15) is 19.5 Å². The second-order valence-corrected chi connectivity index (χ2v) is 10.1. The molecule has 1 heterocycles. The highest BCUT2D eigenvalue weighted by Gasteiger charge is 2.39. The second-order valence-electron chi connectivity index (χ2n) is 9.73. The highest BCUT2D eigenvalue weighted by Crippen LogP contribution is 2.46. The van der Waals surface area contributed by atoms with Gasteiger partial charge >= 0.3 is 5.97 Å². The number of nitrogens with zero attached hydrogens (tertiary/aromatic N) is 1. The first-order chi connectivity index (χ1) is 18.3. The van der Waals surface area contributed by atoms with E-state index in [-0.39, 0.29) is 22.8 Å². The van der Waals surface area contributed by atoms with Crippen LogP contribution in [-0.4, -0.2) is 36.5 Å². The summed E-state index contributed by atoms with van der Waals surface area (Å²) in [5, 5.41) is 12.6. The maximum absolute atomic E-state index is 13.7. The number of hydrogen-bond donors (Lipinski definition) is 2. The molecule has 0 saturated heterocycles. The van der Waals surface area contributed by atoms with Gasteiger partial charge in [-0.3, -0.25) is 9.59 Å². The van der Waals surface area contributed by atoms with Crippen molar-refractivity contribution in [2.24, 2.45) is 5.41 Å². The summed E-state index contributed by atoms with van der Waals surface area (Å²) in [6.07, 6.45) is 4.59. The number of anilines is 2. The fourth-order valence-electron chi connectivity index (χ4n) is 5.32. The number of aliphatic carboxylic acids is 1. The molecule has 5 rings (SSSR count). The number of carbonyl (C=O) groups excluding carboxylic acids is 2. The van der Waals surface area contributed by atoms with Crippen LogP contribution in [0, 0.1) is 5.41 Å². The fraction of sp³-hybridized carbons (Fsp3) is 0.233. The largest absolute Gasteiger partial charge is 0.497 e. The van der Waals surface area contributed by atoms with Crippen LogP contribution in [0.2, 0.25) is 5.02 Å². The Balaban J connectivity index is 1.35. The molecule has 3 aromatic carbocycles. The second kappa shape index (κ2) is 10.3. The molecule has 2 amide bonds. The van der Waals surface area contributed by atoms with Crippen LogP contribution in [0.3, 0.4) is 0 Å². The summed E-state index contributed by atoms with van der Waals surface area (Å²) in [6, 6.07) is 19.4. The number of carboxylic acid groups (broad SMARTS) is 1. The number of carboxylic acids is 1. The van der Waals surface area contributed by atoms with Crippen molar-refractivity contribution in [1.29, 1.82) is 0 Å². The third kappa shape index (κ3) is 5.02. The Labute approximate surface area is 225 Å². The number of ether oxygens (including phenoxy) is 1. The van der Waals surface area contributed by atoms with Crippen molar-refractivity contribution in [2.75, 3.05) is 23.9 Å². The van der Waals surface area contributed by atoms with Crippen LogP contribution in [0.15, 0.2) is 78.4 Å². The summed E-state index contributed by atoms with van der Waals surface area (Å²) in [6.45, 7) is 0.478. The van der Waals surface area contributed by atoms with E-state index in [1.807, 2.05) is 30.3 Å². The first-order valence-electron chi connectivity index (χ1n) is 12.4. The topological polar surface area (TPSA) is 95.9 Å². The lowest BCUT2D eigenvalue weighted by molar-refractivity contribution is -0.132. The van der Waals surface area contributed by atoms with Crippen molar-refractivity contribution in [3.05, 3.63) is 100 Å². The van der Waals surface area contributed by atoms with Crippen molar-refractivity contribution in [2.45, 2.75) is 25.7 Å². The molecule has 1 atom stereocenters. The standard InChI is InChI=1S/C30H27ClN2O5/c1-38-23-10-11-25(31)24(16-23)27(34)32-22-8-6-19(7-9-22)28(35)33-15-14-30(13-12-21(18-30)29(36)37)17-20-4-2-3-5-26(20)33/h2-11,16,18H,12-15,17H2,1H3,(H,32,34)(H,36,37)/t30-/m0/s1. The van der Waals surface area contributed by atoms with Gasteiger partial charge < -0.3 is 20.1 Å². The van der Waals surface area contributed by atoms with Gasteiger partial charge in [-0.15, -0.1) is 0 Å². The molecule has 0 radical (unpaired) electrons. The average molecular weight is 531 g/mol. The summed E-state index contributed by atoms with van der Waals surface area (Å²) in [7, 11) is 1.51. The molecule has 1 aliphatic carbocycles. The van der Waals surface area contributed by atoms with Crippen molar-refractivity contribution in [1.82, 2.24) is 0 Å². The molecule has 0 fully saturated rings. The summed E-state index contributed by atoms with van der Waals surface area (Å²) < 4.78 is 5.18. The van der Waals surface area contributed by atoms with Gasteiger partial charge in [0, 0.05) is 29.1 Å². The number of allylic oxidation sites excluding steroid dienone is 1. The van der Waals surface area contributed by atoms with Gasteiger partial charge in [-0.25, -0.2) is 4.79 Å². The number of methoxy groups -OCH3 is 1. The zero-order chi connectivity index (χ0) is 26.9. The van der Waals surface area contributed by atoms with E-state index < -0.39 is 5.97 Å². The molecule has 194 valence electrons. The average Bonchev–Trinajstić information content (AvgIpc) is 3.26. The Hall–Kier alpha value is -4.10. The van der Waals surface area contributed by atoms with Crippen molar-refractivity contribution in [3.8, 4) is 5.75 Å². The van der Waals surface area contributed by atoms with Gasteiger partial charge in [-0.1, -0.05) is 35.9 Å². The molecule has 0 bridgehead atoms. The van der Waals surface area contributed by atoms with Crippen LogP contribution in [0.5, 0.6) is 5.75 Å². The smallest absolute Gasteiger partial charge is 0.331 e. The number of hydrogen-bond acceptors (Lipinski definition) is 4. The number of fused-ring (bicyclic) bond motifs is 1. The van der Waals surface area contributed by atoms with Gasteiger partial charge in [0.15, 0.2) is 0 Å². The lowest BCUT2D eigenvalue weighted by Gasteiger charge is -2.26. The number of amides is 2. The number of halogens is 1. The minimum Gasteiger partial charge on any atom is -0.497 e. The van der Waals surface area contributed by atoms with Crippen LogP contribution < -0.4 is 15.0 Å². The highest BCUT2D eigenvalue weighted by molar-refractivity contribution is 6.34. The van der Waals surface area contributed by atoms with E-state index in [0.717, 1.165) is 17.7 Å². The summed E-state index contributed by atoms with van der Waals surface area (Å²) in [5.41, 5.74) is 3.36. The molecule has 8 heteroatoms. The normalized spacial score (nSPS) is 18.4. The minimum atomic E-state index is -0.867. The van der Waals surface area contributed by atoms with Crippen LogP contribution in [0.1, 0.15) is 45.5 Å². The summed E-state index contributed by atoms with van der Waals surface area (Å²) >= 11 is 6.19. The van der Waals surface area contributed by atoms with E-state index in [1.54, 1.807) is 47.4 Å². The SMILES string of the molecule is COc1ccc(Cl)c(C(=O)Nc2ccc(C(=O)N3CC[C@]4(C=C(C(=O)O)CC4)Cc4ccccc43)cc2)c1. The Morgan fingerprint density at radius 2 is 1.79 bits per heavy atom. The molecule has 0 aromatic heterocycles. The Kier molecular flexibility index (Phi) is 6.95. The Bertz CT molecular complexity index is 1450. The zero-order valence-corrected chi connectivity index (χ0v) is 21.6. The maximum Gasteiger partial charge on any atom is 0.331 e. The molecular formula is C30H27ClN2O5. The monoisotopic (exact) mass is 530 g/mol. The first kappa shape index (κ1) is 25.5. The molecule has 0 saturated carbocycles. The number of para-hydroxylation sites is 1. The predicted molar refractivity (Wildman–Crippen MR) is 146 cm³/mol. The maximum atomic E-state index is 13.7. The van der Waals surface area contributed by atoms with Crippen molar-refractivity contribution < 1.29 is 24.2 Å². The molecule has 1 aliphatic heterocycles. The van der Waals surface area contributed by atoms with Gasteiger partial charge in [-0.2, -0.15) is 0 Å². The van der Waals surface area contributed by atoms with Gasteiger partial charge in [0.1, 0.15) is 5.75 Å². The van der Waals surface area contributed by atoms with Crippen molar-refractivity contribution >= 4 is 40.8 Å². The van der Waals surface area contributed by atoms with E-state index >= 15 is 0 Å². The lowest BCUT2D eigenvalue weighted by atomic mass is 9.79. The quantitative estimate of drug-likeness (QED) is 0.423. The van der Waals surface area contributed by atoms with Gasteiger partial charge in [-0.05, 0) is 85.2 Å². The molecule has 38 heavy (non-hydrogen) atoms. The van der Waals surface area contributed by atoms with E-state index in [4.69, 9.17) is 16.3 Å². The summed E-state index contributed by atoms with van der Waals surface area (Å²) in [5.74, 6) is -0.880. The minimum absolute atomic E-state index is 0.149. The molecule has 2 N–H and O–H groups in total. The first-order valence-corrected chi connectivity index (χ1v) is 12.8. The van der Waals surface area contributed by atoms with Crippen LogP contribution in [-0.2, 0) is 11.2 Å². The third-order valence-electron chi connectivity index (χ3n) is 7.36. The summed E-state index contributed by atoms with van der Waals surface area (Å²) in [4.78, 5) is 39.8. The van der Waals surface area contributed by atoms with Gasteiger partial charge in [0.2, 0.25) is 0 Å². The number of carbonyl (C=O) groups is 3. The van der Waals surface area contributed by atoms with E-state index in [2.05, 4.69) is 5.32 Å². The predicted octanol–water partition coefficient (Wildman–Crippen LogP) is 5.99. The van der Waals surface area contributed by atoms with Crippen LogP contribution >= 0.6 is 11.6 Å². The molecule has 0 unspecified atom stereocenters. The molecule has 3 aromatic rings. The number of nitrogens with one attached hydrogen (secondary N) is 1.